The summed E-state index contributed by atoms with van der Waals surface area (Å²) in [6.07, 6.45) is 4.17. The highest BCUT2D eigenvalue weighted by atomic mass is 16.3. The second-order valence-electron chi connectivity index (χ2n) is 3.63. The Labute approximate surface area is 88.6 Å². The van der Waals surface area contributed by atoms with Gasteiger partial charge in [-0.25, -0.2) is 4.98 Å². The minimum Gasteiger partial charge on any atom is -0.393 e. The number of aliphatic hydroxyl groups is 1. The molecule has 0 aromatic carbocycles. The highest BCUT2D eigenvalue weighted by Crippen LogP contribution is 2.10. The quantitative estimate of drug-likeness (QED) is 0.795. The average molecular weight is 205 g/mol. The van der Waals surface area contributed by atoms with Gasteiger partial charge in [-0.1, -0.05) is 6.07 Å². The van der Waals surface area contributed by atoms with Crippen LogP contribution in [0.2, 0.25) is 0 Å². The van der Waals surface area contributed by atoms with Crippen molar-refractivity contribution in [3.8, 4) is 0 Å². The maximum Gasteiger partial charge on any atom is 0.138 e. The van der Waals surface area contributed by atoms with Crippen LogP contribution in [0.1, 0.15) is 13.3 Å². The zero-order valence-electron chi connectivity index (χ0n) is 8.72. The highest BCUT2D eigenvalue weighted by molar-refractivity contribution is 5.49. The van der Waals surface area contributed by atoms with Gasteiger partial charge in [0.2, 0.25) is 0 Å². The van der Waals surface area contributed by atoms with E-state index in [1.165, 1.54) is 0 Å². The lowest BCUT2D eigenvalue weighted by atomic mass is 10.3. The maximum absolute atomic E-state index is 9.14. The molecule has 2 rings (SSSR count). The number of aliphatic hydroxyl groups excluding tert-OH is 1. The largest absolute Gasteiger partial charge is 0.393 e. The van der Waals surface area contributed by atoms with Crippen molar-refractivity contribution in [2.45, 2.75) is 19.4 Å². The number of rotatable bonds is 4. The van der Waals surface area contributed by atoms with E-state index in [4.69, 9.17) is 5.11 Å². The molecular weight excluding hydrogens is 190 g/mol. The number of nitrogens with one attached hydrogen (secondary N) is 1. The van der Waals surface area contributed by atoms with Gasteiger partial charge in [0.25, 0.3) is 0 Å². The van der Waals surface area contributed by atoms with Crippen molar-refractivity contribution in [1.29, 1.82) is 0 Å². The molecule has 0 saturated heterocycles. The smallest absolute Gasteiger partial charge is 0.138 e. The van der Waals surface area contributed by atoms with E-state index < -0.39 is 0 Å². The summed E-state index contributed by atoms with van der Waals surface area (Å²) >= 11 is 0. The predicted octanol–water partition coefficient (Wildman–Crippen LogP) is 1.52. The number of pyridine rings is 1. The molecule has 4 nitrogen and oxygen atoms in total. The molecule has 0 amide bonds. The molecule has 0 aliphatic carbocycles. The lowest BCUT2D eigenvalue weighted by Gasteiger charge is -2.09. The first-order valence-corrected chi connectivity index (χ1v) is 5.11. The Morgan fingerprint density at radius 3 is 3.20 bits per heavy atom. The van der Waals surface area contributed by atoms with Gasteiger partial charge in [0, 0.05) is 18.9 Å². The Balaban J connectivity index is 2.10. The predicted molar refractivity (Wildman–Crippen MR) is 60.0 cm³/mol. The van der Waals surface area contributed by atoms with Crippen LogP contribution >= 0.6 is 0 Å². The summed E-state index contributed by atoms with van der Waals surface area (Å²) in [5.41, 5.74) is 0.928. The van der Waals surface area contributed by atoms with Crippen LogP contribution in [0.25, 0.3) is 5.65 Å². The third-order valence-electron chi connectivity index (χ3n) is 2.30. The number of hydrogen-bond acceptors (Lipinski definition) is 3. The topological polar surface area (TPSA) is 49.6 Å². The van der Waals surface area contributed by atoms with Crippen LogP contribution in [0.5, 0.6) is 0 Å². The molecule has 0 spiro atoms. The number of anilines is 1. The Bertz CT molecular complexity index is 436. The first-order chi connectivity index (χ1) is 7.27. The fraction of sp³-hybridized carbons (Fsp3) is 0.364. The molecule has 2 aromatic heterocycles. The molecule has 0 radical (unpaired) electrons. The maximum atomic E-state index is 9.14. The Morgan fingerprint density at radius 2 is 2.40 bits per heavy atom. The van der Waals surface area contributed by atoms with Crippen molar-refractivity contribution in [2.75, 3.05) is 11.9 Å². The van der Waals surface area contributed by atoms with E-state index in [0.717, 1.165) is 24.4 Å². The normalized spacial score (nSPS) is 12.9. The van der Waals surface area contributed by atoms with Crippen LogP contribution < -0.4 is 5.32 Å². The van der Waals surface area contributed by atoms with Crippen molar-refractivity contribution in [3.05, 3.63) is 30.6 Å². The van der Waals surface area contributed by atoms with E-state index in [9.17, 15) is 0 Å². The fourth-order valence-electron chi connectivity index (χ4n) is 1.50. The Kier molecular flexibility index (Phi) is 2.87. The zero-order chi connectivity index (χ0) is 10.7. The molecule has 0 saturated carbocycles. The fourth-order valence-corrected chi connectivity index (χ4v) is 1.50. The zero-order valence-corrected chi connectivity index (χ0v) is 8.72. The summed E-state index contributed by atoms with van der Waals surface area (Å²) in [5, 5.41) is 12.4. The van der Waals surface area contributed by atoms with Gasteiger partial charge in [-0.15, -0.1) is 0 Å². The summed E-state index contributed by atoms with van der Waals surface area (Å²) in [7, 11) is 0. The second-order valence-corrected chi connectivity index (χ2v) is 3.63. The van der Waals surface area contributed by atoms with Crippen LogP contribution in [-0.2, 0) is 0 Å². The molecule has 0 bridgehead atoms. The highest BCUT2D eigenvalue weighted by Gasteiger charge is 2.00. The molecule has 0 aliphatic heterocycles. The van der Waals surface area contributed by atoms with Crippen LogP contribution in [0.3, 0.4) is 0 Å². The Hall–Kier alpha value is -1.55. The number of imidazole rings is 1. The van der Waals surface area contributed by atoms with Crippen molar-refractivity contribution >= 4 is 11.5 Å². The minimum atomic E-state index is -0.264. The van der Waals surface area contributed by atoms with Crippen molar-refractivity contribution in [1.82, 2.24) is 9.38 Å². The van der Waals surface area contributed by atoms with Gasteiger partial charge in [0.05, 0.1) is 6.10 Å². The van der Waals surface area contributed by atoms with E-state index >= 15 is 0 Å². The van der Waals surface area contributed by atoms with Gasteiger partial charge in [0.15, 0.2) is 0 Å². The van der Waals surface area contributed by atoms with Crippen molar-refractivity contribution in [3.63, 3.8) is 0 Å². The van der Waals surface area contributed by atoms with Crippen LogP contribution in [0, 0.1) is 0 Å². The van der Waals surface area contributed by atoms with E-state index in [0.29, 0.717) is 0 Å². The van der Waals surface area contributed by atoms with Gasteiger partial charge in [0.1, 0.15) is 11.5 Å². The van der Waals surface area contributed by atoms with Crippen LogP contribution in [0.15, 0.2) is 30.6 Å². The van der Waals surface area contributed by atoms with Crippen molar-refractivity contribution in [2.24, 2.45) is 0 Å². The third kappa shape index (κ3) is 2.27. The van der Waals surface area contributed by atoms with E-state index in [-0.39, 0.29) is 6.10 Å². The van der Waals surface area contributed by atoms with Gasteiger partial charge >= 0.3 is 0 Å². The van der Waals surface area contributed by atoms with Crippen molar-refractivity contribution < 1.29 is 5.11 Å². The summed E-state index contributed by atoms with van der Waals surface area (Å²) < 4.78 is 1.99. The standard InChI is InChI=1S/C11H15N3O/c1-9(15)5-6-12-10-3-2-4-11-13-7-8-14(10)11/h2-4,7-9,12,15H,5-6H2,1H3. The second kappa shape index (κ2) is 4.31. The average Bonchev–Trinajstić information content (AvgIpc) is 2.65. The molecule has 2 aromatic rings. The van der Waals surface area contributed by atoms with E-state index in [1.807, 2.05) is 28.8 Å². The SMILES string of the molecule is CC(O)CCNc1cccc2nccn12. The molecule has 1 unspecified atom stereocenters. The minimum absolute atomic E-state index is 0.264. The molecule has 2 N–H and O–H groups in total. The van der Waals surface area contributed by atoms with Gasteiger partial charge in [-0.05, 0) is 25.5 Å². The lowest BCUT2D eigenvalue weighted by molar-refractivity contribution is 0.188. The summed E-state index contributed by atoms with van der Waals surface area (Å²) in [6.45, 7) is 2.55. The number of aromatic nitrogens is 2. The molecule has 15 heavy (non-hydrogen) atoms. The molecule has 80 valence electrons. The molecular formula is C11H15N3O. The first kappa shape index (κ1) is 9.98. The summed E-state index contributed by atoms with van der Waals surface area (Å²) in [6, 6.07) is 5.92. The molecule has 2 heterocycles. The molecule has 0 aliphatic rings. The number of hydrogen-bond donors (Lipinski definition) is 2. The summed E-state index contributed by atoms with van der Waals surface area (Å²) in [5.74, 6) is 1.01. The van der Waals surface area contributed by atoms with Gasteiger partial charge < -0.3 is 10.4 Å². The monoisotopic (exact) mass is 205 g/mol. The first-order valence-electron chi connectivity index (χ1n) is 5.11. The molecule has 1 atom stereocenters. The summed E-state index contributed by atoms with van der Waals surface area (Å²) in [4.78, 5) is 4.20. The third-order valence-corrected chi connectivity index (χ3v) is 2.30. The van der Waals surface area contributed by atoms with Crippen LogP contribution in [0.4, 0.5) is 5.82 Å². The van der Waals surface area contributed by atoms with E-state index in [2.05, 4.69) is 10.3 Å². The van der Waals surface area contributed by atoms with Gasteiger partial charge in [-0.2, -0.15) is 0 Å². The van der Waals surface area contributed by atoms with Crippen LogP contribution in [-0.4, -0.2) is 27.1 Å². The number of nitrogens with zero attached hydrogens (tertiary/aromatic N) is 2. The number of fused-ring (bicyclic) bond motifs is 1. The molecule has 4 heteroatoms. The lowest BCUT2D eigenvalue weighted by Crippen LogP contribution is -2.11. The molecule has 0 fully saturated rings. The Morgan fingerprint density at radius 1 is 1.53 bits per heavy atom. The van der Waals surface area contributed by atoms with Gasteiger partial charge in [-0.3, -0.25) is 4.40 Å². The van der Waals surface area contributed by atoms with E-state index in [1.54, 1.807) is 13.1 Å².